The van der Waals surface area contributed by atoms with E-state index in [1.54, 1.807) is 25.4 Å². The summed E-state index contributed by atoms with van der Waals surface area (Å²) in [6, 6.07) is 6.89. The van der Waals surface area contributed by atoms with Crippen LogP contribution in [0.2, 0.25) is 5.02 Å². The second-order valence-corrected chi connectivity index (χ2v) is 7.29. The van der Waals surface area contributed by atoms with Crippen LogP contribution < -0.4 is 10.1 Å². The van der Waals surface area contributed by atoms with Crippen LogP contribution in [0.4, 0.5) is 10.8 Å². The lowest BCUT2D eigenvalue weighted by Crippen LogP contribution is -2.04. The number of halogens is 1. The van der Waals surface area contributed by atoms with Gasteiger partial charge in [0.1, 0.15) is 22.1 Å². The Labute approximate surface area is 173 Å². The predicted molar refractivity (Wildman–Crippen MR) is 110 cm³/mol. The minimum absolute atomic E-state index is 0.0128. The summed E-state index contributed by atoms with van der Waals surface area (Å²) < 4.78 is 5.16. The summed E-state index contributed by atoms with van der Waals surface area (Å²) in [6.07, 6.45) is 4.62. The summed E-state index contributed by atoms with van der Waals surface area (Å²) >= 11 is 7.16. The Morgan fingerprint density at radius 3 is 2.83 bits per heavy atom. The highest BCUT2D eigenvalue weighted by Crippen LogP contribution is 2.35. The van der Waals surface area contributed by atoms with Crippen LogP contribution in [0.5, 0.6) is 5.75 Å². The van der Waals surface area contributed by atoms with Crippen molar-refractivity contribution in [2.75, 3.05) is 12.4 Å². The highest BCUT2D eigenvalue weighted by atomic mass is 35.5. The summed E-state index contributed by atoms with van der Waals surface area (Å²) in [5.41, 5.74) is 1.37. The maximum Gasteiger partial charge on any atom is 0.326 e. The number of aromatic nitrogens is 4. The van der Waals surface area contributed by atoms with E-state index in [9.17, 15) is 10.1 Å². The number of hydrogen-bond donors (Lipinski definition) is 1. The molecule has 0 spiro atoms. The van der Waals surface area contributed by atoms with Crippen LogP contribution in [0.15, 0.2) is 42.9 Å². The Kier molecular flexibility index (Phi) is 5.19. The fraction of sp³-hybridized carbons (Fsp3) is 0.111. The molecule has 0 aliphatic heterocycles. The van der Waals surface area contributed by atoms with Gasteiger partial charge in [0.25, 0.3) is 0 Å². The molecule has 1 N–H and O–H groups in total. The van der Waals surface area contributed by atoms with Gasteiger partial charge < -0.3 is 10.1 Å². The molecule has 0 unspecified atom stereocenters. The predicted octanol–water partition coefficient (Wildman–Crippen LogP) is 4.33. The van der Waals surface area contributed by atoms with E-state index in [2.05, 4.69) is 25.3 Å². The van der Waals surface area contributed by atoms with Crippen molar-refractivity contribution in [1.82, 2.24) is 19.9 Å². The third-order valence-corrected chi connectivity index (χ3v) is 5.30. The van der Waals surface area contributed by atoms with Crippen LogP contribution in [0.3, 0.4) is 0 Å². The van der Waals surface area contributed by atoms with Crippen LogP contribution in [0.25, 0.3) is 21.7 Å². The first kappa shape index (κ1) is 19.0. The minimum atomic E-state index is -0.443. The number of rotatable bonds is 6. The summed E-state index contributed by atoms with van der Waals surface area (Å²) in [5, 5.41) is 15.5. The van der Waals surface area contributed by atoms with Crippen molar-refractivity contribution < 1.29 is 9.66 Å². The molecule has 146 valence electrons. The van der Waals surface area contributed by atoms with E-state index in [1.807, 2.05) is 6.07 Å². The Bertz CT molecular complexity index is 1200. The van der Waals surface area contributed by atoms with E-state index < -0.39 is 4.92 Å². The van der Waals surface area contributed by atoms with Gasteiger partial charge in [-0.15, -0.1) is 0 Å². The summed E-state index contributed by atoms with van der Waals surface area (Å²) in [7, 11) is 1.55. The molecule has 3 heterocycles. The number of anilines is 1. The molecule has 0 aliphatic carbocycles. The largest absolute Gasteiger partial charge is 0.495 e. The van der Waals surface area contributed by atoms with Gasteiger partial charge in [-0.2, -0.15) is 0 Å². The SMILES string of the molecule is COc1ccc(CNc2nc(-c3cnccn3)nc3sc([N+](=O)[O-])cc23)cc1Cl. The maximum absolute atomic E-state index is 11.2. The number of nitrogens with zero attached hydrogens (tertiary/aromatic N) is 5. The number of thiophene rings is 1. The Balaban J connectivity index is 1.73. The number of fused-ring (bicyclic) bond motifs is 1. The molecule has 0 amide bonds. The molecule has 9 nitrogen and oxygen atoms in total. The lowest BCUT2D eigenvalue weighted by molar-refractivity contribution is -0.380. The van der Waals surface area contributed by atoms with Crippen LogP contribution >= 0.6 is 22.9 Å². The fourth-order valence-electron chi connectivity index (χ4n) is 2.67. The first-order valence-corrected chi connectivity index (χ1v) is 9.53. The van der Waals surface area contributed by atoms with E-state index in [0.717, 1.165) is 16.9 Å². The number of methoxy groups -OCH3 is 1. The van der Waals surface area contributed by atoms with E-state index in [1.165, 1.54) is 18.5 Å². The van der Waals surface area contributed by atoms with Gasteiger partial charge in [0.2, 0.25) is 0 Å². The standard InChI is InChI=1S/C18H13ClN6O3S/c1-28-14-3-2-10(6-12(14)19)8-22-16-11-7-15(25(26)27)29-18(11)24-17(23-16)13-9-20-4-5-21-13/h2-7,9H,8H2,1H3,(H,22,23,24). The lowest BCUT2D eigenvalue weighted by Gasteiger charge is -2.10. The summed E-state index contributed by atoms with van der Waals surface area (Å²) in [5.74, 6) is 1.38. The van der Waals surface area contributed by atoms with Gasteiger partial charge >= 0.3 is 5.00 Å². The minimum Gasteiger partial charge on any atom is -0.495 e. The van der Waals surface area contributed by atoms with Crippen molar-refractivity contribution in [3.8, 4) is 17.3 Å². The number of hydrogen-bond acceptors (Lipinski definition) is 9. The van der Waals surface area contributed by atoms with Crippen molar-refractivity contribution >= 4 is 44.0 Å². The molecule has 3 aromatic heterocycles. The second kappa shape index (κ2) is 7.94. The summed E-state index contributed by atoms with van der Waals surface area (Å²) in [4.78, 5) is 28.4. The third-order valence-electron chi connectivity index (χ3n) is 4.03. The maximum atomic E-state index is 11.2. The average molecular weight is 429 g/mol. The van der Waals surface area contributed by atoms with Crippen molar-refractivity contribution in [2.45, 2.75) is 6.54 Å². The quantitative estimate of drug-likeness (QED) is 0.356. The van der Waals surface area contributed by atoms with E-state index in [-0.39, 0.29) is 5.00 Å². The molecular formula is C18H13ClN6O3S. The van der Waals surface area contributed by atoms with Crippen LogP contribution in [-0.2, 0) is 6.54 Å². The molecule has 0 bridgehead atoms. The Morgan fingerprint density at radius 1 is 1.28 bits per heavy atom. The van der Waals surface area contributed by atoms with Crippen molar-refractivity contribution in [3.63, 3.8) is 0 Å². The monoisotopic (exact) mass is 428 g/mol. The van der Waals surface area contributed by atoms with Gasteiger partial charge in [-0.1, -0.05) is 17.7 Å². The van der Waals surface area contributed by atoms with Gasteiger partial charge in [-0.05, 0) is 29.0 Å². The first-order chi connectivity index (χ1) is 14.0. The molecule has 4 aromatic rings. The molecule has 0 saturated carbocycles. The fourth-order valence-corrected chi connectivity index (χ4v) is 3.80. The highest BCUT2D eigenvalue weighted by molar-refractivity contribution is 7.21. The second-order valence-electron chi connectivity index (χ2n) is 5.87. The lowest BCUT2D eigenvalue weighted by atomic mass is 10.2. The van der Waals surface area contributed by atoms with Crippen LogP contribution in [-0.4, -0.2) is 32.0 Å². The molecule has 0 radical (unpaired) electrons. The van der Waals surface area contributed by atoms with Crippen molar-refractivity contribution in [1.29, 1.82) is 0 Å². The van der Waals surface area contributed by atoms with Gasteiger partial charge in [0, 0.05) is 25.0 Å². The van der Waals surface area contributed by atoms with Gasteiger partial charge in [-0.25, -0.2) is 15.0 Å². The Morgan fingerprint density at radius 2 is 2.14 bits per heavy atom. The number of nitro groups is 1. The van der Waals surface area contributed by atoms with Crippen molar-refractivity contribution in [2.24, 2.45) is 0 Å². The zero-order chi connectivity index (χ0) is 20.4. The molecule has 29 heavy (non-hydrogen) atoms. The zero-order valence-electron chi connectivity index (χ0n) is 15.0. The van der Waals surface area contributed by atoms with Crippen LogP contribution in [0, 0.1) is 10.1 Å². The zero-order valence-corrected chi connectivity index (χ0v) is 16.6. The molecule has 0 saturated heterocycles. The van der Waals surface area contributed by atoms with Gasteiger partial charge in [-0.3, -0.25) is 15.1 Å². The smallest absolute Gasteiger partial charge is 0.326 e. The van der Waals surface area contributed by atoms with Gasteiger partial charge in [0.15, 0.2) is 5.82 Å². The van der Waals surface area contributed by atoms with Gasteiger partial charge in [0.05, 0.1) is 28.6 Å². The van der Waals surface area contributed by atoms with Crippen LogP contribution in [0.1, 0.15) is 5.56 Å². The molecule has 4 rings (SSSR count). The molecule has 11 heteroatoms. The number of ether oxygens (including phenoxy) is 1. The topological polar surface area (TPSA) is 116 Å². The van der Waals surface area contributed by atoms with E-state index in [0.29, 0.717) is 44.9 Å². The first-order valence-electron chi connectivity index (χ1n) is 8.34. The average Bonchev–Trinajstić information content (AvgIpc) is 3.17. The number of nitrogens with one attached hydrogen (secondary N) is 1. The Hall–Kier alpha value is -3.37. The van der Waals surface area contributed by atoms with Crippen molar-refractivity contribution in [3.05, 3.63) is 63.6 Å². The van der Waals surface area contributed by atoms with E-state index >= 15 is 0 Å². The third kappa shape index (κ3) is 3.93. The molecule has 1 aromatic carbocycles. The molecule has 0 fully saturated rings. The number of benzene rings is 1. The normalized spacial score (nSPS) is 10.8. The van der Waals surface area contributed by atoms with E-state index in [4.69, 9.17) is 16.3 Å². The molecule has 0 atom stereocenters. The molecular weight excluding hydrogens is 416 g/mol. The highest BCUT2D eigenvalue weighted by Gasteiger charge is 2.18. The summed E-state index contributed by atoms with van der Waals surface area (Å²) in [6.45, 7) is 0.402. The molecule has 0 aliphatic rings.